The maximum absolute atomic E-state index is 11.5. The van der Waals surface area contributed by atoms with Crippen molar-refractivity contribution in [1.82, 2.24) is 9.55 Å². The number of thioether (sulfide) groups is 2. The average molecular weight is 245 g/mol. The van der Waals surface area contributed by atoms with Gasteiger partial charge in [0.15, 0.2) is 0 Å². The maximum Gasteiger partial charge on any atom is 0.350 e. The zero-order valence-electron chi connectivity index (χ0n) is 7.87. The van der Waals surface area contributed by atoms with Crippen LogP contribution in [0.4, 0.5) is 5.82 Å². The summed E-state index contributed by atoms with van der Waals surface area (Å²) in [6.45, 7) is 0.128. The first-order valence-corrected chi connectivity index (χ1v) is 6.42. The van der Waals surface area contributed by atoms with Crippen LogP contribution in [0.3, 0.4) is 0 Å². The van der Waals surface area contributed by atoms with Crippen LogP contribution in [-0.2, 0) is 0 Å². The summed E-state index contributed by atoms with van der Waals surface area (Å²) in [5.41, 5.74) is 5.08. The number of hydrogen-bond donors (Lipinski definition) is 2. The molecule has 2 rings (SSSR count). The number of aliphatic hydroxyl groups excluding tert-OH is 1. The monoisotopic (exact) mass is 245 g/mol. The van der Waals surface area contributed by atoms with Gasteiger partial charge in [0.2, 0.25) is 0 Å². The van der Waals surface area contributed by atoms with Gasteiger partial charge in [0.1, 0.15) is 5.82 Å². The predicted molar refractivity (Wildman–Crippen MR) is 62.9 cm³/mol. The Morgan fingerprint density at radius 3 is 3.13 bits per heavy atom. The Balaban J connectivity index is 2.20. The summed E-state index contributed by atoms with van der Waals surface area (Å²) in [7, 11) is 0. The van der Waals surface area contributed by atoms with E-state index in [1.807, 2.05) is 0 Å². The number of nitrogen functional groups attached to an aromatic ring is 1. The van der Waals surface area contributed by atoms with Gasteiger partial charge in [-0.05, 0) is 6.07 Å². The molecule has 1 aromatic heterocycles. The van der Waals surface area contributed by atoms with E-state index in [9.17, 15) is 4.79 Å². The smallest absolute Gasteiger partial charge is 0.350 e. The highest BCUT2D eigenvalue weighted by atomic mass is 32.2. The largest absolute Gasteiger partial charge is 0.394 e. The third-order valence-corrected chi connectivity index (χ3v) is 5.19. The summed E-state index contributed by atoms with van der Waals surface area (Å²) in [5.74, 6) is 1.05. The molecule has 1 aliphatic heterocycles. The van der Waals surface area contributed by atoms with Crippen LogP contribution in [0.25, 0.3) is 0 Å². The van der Waals surface area contributed by atoms with Crippen LogP contribution in [0.5, 0.6) is 0 Å². The van der Waals surface area contributed by atoms with Crippen molar-refractivity contribution in [2.45, 2.75) is 9.96 Å². The van der Waals surface area contributed by atoms with Crippen molar-refractivity contribution in [2.24, 2.45) is 0 Å². The van der Waals surface area contributed by atoms with Crippen LogP contribution in [0.15, 0.2) is 17.1 Å². The van der Waals surface area contributed by atoms with Crippen LogP contribution in [0, 0.1) is 0 Å². The molecule has 0 radical (unpaired) electrons. The molecule has 0 aliphatic carbocycles. The molecule has 1 fully saturated rings. The van der Waals surface area contributed by atoms with E-state index in [0.717, 1.165) is 5.75 Å². The van der Waals surface area contributed by atoms with Gasteiger partial charge in [0.05, 0.1) is 16.6 Å². The van der Waals surface area contributed by atoms with Crippen molar-refractivity contribution in [3.05, 3.63) is 22.7 Å². The molecule has 82 valence electrons. The normalized spacial score (nSPS) is 25.7. The summed E-state index contributed by atoms with van der Waals surface area (Å²) >= 11 is 3.23. The first-order chi connectivity index (χ1) is 7.20. The van der Waals surface area contributed by atoms with Crippen molar-refractivity contribution in [3.63, 3.8) is 0 Å². The van der Waals surface area contributed by atoms with Crippen LogP contribution in [0.2, 0.25) is 0 Å². The number of nitrogens with two attached hydrogens (primary N) is 1. The van der Waals surface area contributed by atoms with Crippen LogP contribution >= 0.6 is 23.5 Å². The molecule has 1 saturated heterocycles. The van der Waals surface area contributed by atoms with Gasteiger partial charge in [0.25, 0.3) is 0 Å². The highest BCUT2D eigenvalue weighted by Gasteiger charge is 2.27. The highest BCUT2D eigenvalue weighted by molar-refractivity contribution is 8.20. The molecule has 0 spiro atoms. The van der Waals surface area contributed by atoms with E-state index >= 15 is 0 Å². The number of nitrogens with zero attached hydrogens (tertiary/aromatic N) is 2. The molecule has 0 amide bonds. The Kier molecular flexibility index (Phi) is 3.22. The van der Waals surface area contributed by atoms with Gasteiger partial charge < -0.3 is 10.8 Å². The summed E-state index contributed by atoms with van der Waals surface area (Å²) in [6.07, 6.45) is 1.66. The fraction of sp³-hybridized carbons (Fsp3) is 0.500. The SMILES string of the molecule is Nc1ccn([C@@H]2CS[C@H](CO)S2)c(=O)n1. The van der Waals surface area contributed by atoms with Gasteiger partial charge in [-0.25, -0.2) is 4.79 Å². The third kappa shape index (κ3) is 2.30. The lowest BCUT2D eigenvalue weighted by Gasteiger charge is -2.11. The fourth-order valence-corrected chi connectivity index (χ4v) is 4.19. The molecule has 0 bridgehead atoms. The van der Waals surface area contributed by atoms with Gasteiger partial charge in [0, 0.05) is 11.9 Å². The number of aromatic nitrogens is 2. The fourth-order valence-electron chi connectivity index (χ4n) is 1.33. The lowest BCUT2D eigenvalue weighted by molar-refractivity contribution is 0.316. The number of hydrogen-bond acceptors (Lipinski definition) is 6. The highest BCUT2D eigenvalue weighted by Crippen LogP contribution is 2.43. The van der Waals surface area contributed by atoms with Crippen LogP contribution in [0.1, 0.15) is 5.37 Å². The average Bonchev–Trinajstić information content (AvgIpc) is 2.66. The van der Waals surface area contributed by atoms with Gasteiger partial charge >= 0.3 is 5.69 Å². The quantitative estimate of drug-likeness (QED) is 0.770. The zero-order valence-corrected chi connectivity index (χ0v) is 9.50. The summed E-state index contributed by atoms with van der Waals surface area (Å²) in [4.78, 5) is 15.2. The first-order valence-electron chi connectivity index (χ1n) is 4.43. The molecule has 2 heterocycles. The number of aliphatic hydroxyl groups is 1. The lowest BCUT2D eigenvalue weighted by Crippen LogP contribution is -2.25. The Morgan fingerprint density at radius 2 is 2.53 bits per heavy atom. The summed E-state index contributed by atoms with van der Waals surface area (Å²) < 4.78 is 1.71. The van der Waals surface area contributed by atoms with E-state index in [1.165, 1.54) is 0 Å². The second-order valence-corrected chi connectivity index (χ2v) is 6.00. The molecule has 3 N–H and O–H groups in total. The standard InChI is InChI=1S/C8H11N3O2S2/c9-5-1-2-11(8(13)10-5)6-4-14-7(3-12)15-6/h1-2,6-7,12H,3-4H2,(H2,9,10,13)/t6-,7-/m0/s1. The number of anilines is 1. The topological polar surface area (TPSA) is 81.1 Å². The molecular weight excluding hydrogens is 234 g/mol. The van der Waals surface area contributed by atoms with E-state index in [-0.39, 0.29) is 28.1 Å². The Bertz CT molecular complexity index is 409. The van der Waals surface area contributed by atoms with E-state index < -0.39 is 0 Å². The van der Waals surface area contributed by atoms with Gasteiger partial charge in [-0.3, -0.25) is 4.57 Å². The van der Waals surface area contributed by atoms with Crippen LogP contribution < -0.4 is 11.4 Å². The molecule has 2 atom stereocenters. The van der Waals surface area contributed by atoms with Crippen molar-refractivity contribution in [2.75, 3.05) is 18.1 Å². The Morgan fingerprint density at radius 1 is 1.73 bits per heavy atom. The molecular formula is C8H11N3O2S2. The molecule has 0 unspecified atom stereocenters. The maximum atomic E-state index is 11.5. The molecule has 0 aromatic carbocycles. The second-order valence-electron chi connectivity index (χ2n) is 3.08. The van der Waals surface area contributed by atoms with E-state index in [2.05, 4.69) is 4.98 Å². The Hall–Kier alpha value is -0.660. The molecule has 1 aromatic rings. The van der Waals surface area contributed by atoms with Gasteiger partial charge in [-0.15, -0.1) is 23.5 Å². The van der Waals surface area contributed by atoms with Crippen molar-refractivity contribution in [1.29, 1.82) is 0 Å². The first kappa shape index (κ1) is 10.8. The van der Waals surface area contributed by atoms with E-state index in [1.54, 1.807) is 40.4 Å². The predicted octanol–water partition coefficient (Wildman–Crippen LogP) is 0.122. The van der Waals surface area contributed by atoms with Crippen LogP contribution in [-0.4, -0.2) is 31.6 Å². The molecule has 1 aliphatic rings. The Labute approximate surface area is 95.1 Å². The van der Waals surface area contributed by atoms with Crippen molar-refractivity contribution < 1.29 is 5.11 Å². The molecule has 15 heavy (non-hydrogen) atoms. The van der Waals surface area contributed by atoms with E-state index in [0.29, 0.717) is 0 Å². The van der Waals surface area contributed by atoms with Crippen molar-refractivity contribution >= 4 is 29.3 Å². The number of rotatable bonds is 2. The third-order valence-electron chi connectivity index (χ3n) is 2.04. The summed E-state index contributed by atoms with van der Waals surface area (Å²) in [6, 6.07) is 1.61. The van der Waals surface area contributed by atoms with Crippen molar-refractivity contribution in [3.8, 4) is 0 Å². The lowest BCUT2D eigenvalue weighted by atomic mass is 10.5. The summed E-state index contributed by atoms with van der Waals surface area (Å²) in [5, 5.41) is 9.03. The molecule has 0 saturated carbocycles. The zero-order chi connectivity index (χ0) is 10.8. The minimum atomic E-state index is -0.327. The van der Waals surface area contributed by atoms with E-state index in [4.69, 9.17) is 10.8 Å². The minimum Gasteiger partial charge on any atom is -0.394 e. The molecule has 7 heteroatoms. The minimum absolute atomic E-state index is 0.0488. The second kappa shape index (κ2) is 4.46. The molecule has 5 nitrogen and oxygen atoms in total. The van der Waals surface area contributed by atoms with Gasteiger partial charge in [-0.1, -0.05) is 0 Å². The van der Waals surface area contributed by atoms with Gasteiger partial charge in [-0.2, -0.15) is 4.98 Å².